The molecule has 1 saturated carbocycles. The first-order chi connectivity index (χ1) is 7.94. The van der Waals surface area contributed by atoms with E-state index in [4.69, 9.17) is 0 Å². The highest BCUT2D eigenvalue weighted by Crippen LogP contribution is 2.24. The van der Waals surface area contributed by atoms with Crippen LogP contribution in [0.25, 0.3) is 0 Å². The Bertz CT molecular complexity index is 419. The van der Waals surface area contributed by atoms with Crippen molar-refractivity contribution in [3.05, 3.63) is 24.0 Å². The Balaban J connectivity index is 2.06. The SMILES string of the molecule is CC(C)(C)NC(=O)c1cncc(NC2CC2)c1. The predicted octanol–water partition coefficient (Wildman–Crippen LogP) is 2.18. The normalized spacial score (nSPS) is 15.5. The third kappa shape index (κ3) is 3.73. The lowest BCUT2D eigenvalue weighted by Crippen LogP contribution is -2.40. The Hall–Kier alpha value is -1.58. The minimum Gasteiger partial charge on any atom is -0.381 e. The van der Waals surface area contributed by atoms with Crippen LogP contribution in [0.5, 0.6) is 0 Å². The van der Waals surface area contributed by atoms with Crippen molar-refractivity contribution < 1.29 is 4.79 Å². The van der Waals surface area contributed by atoms with Crippen molar-refractivity contribution in [2.45, 2.75) is 45.2 Å². The number of carbonyl (C=O) groups is 1. The maximum Gasteiger partial charge on any atom is 0.253 e. The third-order valence-electron chi connectivity index (χ3n) is 2.44. The zero-order chi connectivity index (χ0) is 12.5. The smallest absolute Gasteiger partial charge is 0.253 e. The van der Waals surface area contributed by atoms with Gasteiger partial charge in [0, 0.05) is 24.0 Å². The van der Waals surface area contributed by atoms with E-state index in [0.29, 0.717) is 11.6 Å². The summed E-state index contributed by atoms with van der Waals surface area (Å²) >= 11 is 0. The van der Waals surface area contributed by atoms with Gasteiger partial charge in [0.25, 0.3) is 5.91 Å². The number of nitrogens with zero attached hydrogens (tertiary/aromatic N) is 1. The molecule has 0 bridgehead atoms. The van der Waals surface area contributed by atoms with Gasteiger partial charge in [-0.15, -0.1) is 0 Å². The molecule has 1 amide bonds. The first-order valence-corrected chi connectivity index (χ1v) is 5.98. The van der Waals surface area contributed by atoms with Crippen LogP contribution in [-0.4, -0.2) is 22.5 Å². The van der Waals surface area contributed by atoms with Gasteiger partial charge in [-0.1, -0.05) is 0 Å². The molecule has 0 unspecified atom stereocenters. The molecule has 0 aliphatic heterocycles. The summed E-state index contributed by atoms with van der Waals surface area (Å²) in [5.41, 5.74) is 1.30. The molecule has 0 radical (unpaired) electrons. The number of amides is 1. The van der Waals surface area contributed by atoms with Crippen LogP contribution in [0.15, 0.2) is 18.5 Å². The molecule has 1 aliphatic rings. The summed E-state index contributed by atoms with van der Waals surface area (Å²) in [6.07, 6.45) is 5.77. The van der Waals surface area contributed by atoms with Crippen LogP contribution < -0.4 is 10.6 Å². The third-order valence-corrected chi connectivity index (χ3v) is 2.44. The highest BCUT2D eigenvalue weighted by Gasteiger charge is 2.21. The van der Waals surface area contributed by atoms with Gasteiger partial charge in [0.05, 0.1) is 11.3 Å². The molecule has 4 heteroatoms. The summed E-state index contributed by atoms with van der Waals surface area (Å²) in [5, 5.41) is 6.26. The lowest BCUT2D eigenvalue weighted by Gasteiger charge is -2.20. The second-order valence-corrected chi connectivity index (χ2v) is 5.59. The Morgan fingerprint density at radius 2 is 2.06 bits per heavy atom. The molecule has 4 nitrogen and oxygen atoms in total. The van der Waals surface area contributed by atoms with Crippen LogP contribution in [0.1, 0.15) is 44.0 Å². The molecule has 1 aromatic rings. The minimum atomic E-state index is -0.225. The van der Waals surface area contributed by atoms with Crippen molar-refractivity contribution in [1.29, 1.82) is 0 Å². The highest BCUT2D eigenvalue weighted by molar-refractivity contribution is 5.95. The zero-order valence-electron chi connectivity index (χ0n) is 10.6. The summed E-state index contributed by atoms with van der Waals surface area (Å²) in [4.78, 5) is 16.0. The fourth-order valence-electron chi connectivity index (χ4n) is 1.52. The van der Waals surface area contributed by atoms with Crippen molar-refractivity contribution in [1.82, 2.24) is 10.3 Å². The van der Waals surface area contributed by atoms with Crippen molar-refractivity contribution in [3.63, 3.8) is 0 Å². The van der Waals surface area contributed by atoms with Crippen LogP contribution >= 0.6 is 0 Å². The van der Waals surface area contributed by atoms with Gasteiger partial charge in [-0.25, -0.2) is 0 Å². The maximum absolute atomic E-state index is 11.9. The quantitative estimate of drug-likeness (QED) is 0.841. The van der Waals surface area contributed by atoms with Crippen LogP contribution in [0.3, 0.4) is 0 Å². The number of carbonyl (C=O) groups excluding carboxylic acids is 1. The molecule has 0 spiro atoms. The van der Waals surface area contributed by atoms with Crippen LogP contribution in [-0.2, 0) is 0 Å². The average Bonchev–Trinajstić information content (AvgIpc) is 2.99. The van der Waals surface area contributed by atoms with Gasteiger partial charge >= 0.3 is 0 Å². The second kappa shape index (κ2) is 4.35. The number of hydrogen-bond donors (Lipinski definition) is 2. The summed E-state index contributed by atoms with van der Waals surface area (Å²) in [5.74, 6) is -0.0792. The van der Waals surface area contributed by atoms with E-state index in [0.717, 1.165) is 5.69 Å². The first kappa shape index (κ1) is 11.9. The van der Waals surface area contributed by atoms with E-state index >= 15 is 0 Å². The Kier molecular flexibility index (Phi) is 3.05. The topological polar surface area (TPSA) is 54.0 Å². The molecule has 0 aromatic carbocycles. The molecule has 1 fully saturated rings. The summed E-state index contributed by atoms with van der Waals surface area (Å²) in [6, 6.07) is 2.42. The molecule has 1 aliphatic carbocycles. The van der Waals surface area contributed by atoms with Crippen molar-refractivity contribution in [2.24, 2.45) is 0 Å². The van der Waals surface area contributed by atoms with Crippen LogP contribution in [0, 0.1) is 0 Å². The molecule has 2 N–H and O–H groups in total. The molecule has 92 valence electrons. The fraction of sp³-hybridized carbons (Fsp3) is 0.538. The first-order valence-electron chi connectivity index (χ1n) is 5.98. The van der Waals surface area contributed by atoms with Gasteiger partial charge in [0.2, 0.25) is 0 Å². The van der Waals surface area contributed by atoms with E-state index in [1.165, 1.54) is 12.8 Å². The monoisotopic (exact) mass is 233 g/mol. The number of aromatic nitrogens is 1. The predicted molar refractivity (Wildman–Crippen MR) is 68.1 cm³/mol. The number of anilines is 1. The number of nitrogens with one attached hydrogen (secondary N) is 2. The molecular formula is C13H19N3O. The van der Waals surface area contributed by atoms with Gasteiger partial charge in [-0.05, 0) is 39.7 Å². The van der Waals surface area contributed by atoms with E-state index in [1.807, 2.05) is 26.8 Å². The van der Waals surface area contributed by atoms with Gasteiger partial charge < -0.3 is 10.6 Å². The standard InChI is InChI=1S/C13H19N3O/c1-13(2,3)16-12(17)9-6-11(8-14-7-9)15-10-4-5-10/h6-8,10,15H,4-5H2,1-3H3,(H,16,17). The van der Waals surface area contributed by atoms with E-state index < -0.39 is 0 Å². The Labute approximate surface area is 102 Å². The number of pyridine rings is 1. The molecule has 1 heterocycles. The summed E-state index contributed by atoms with van der Waals surface area (Å²) in [7, 11) is 0. The molecule has 0 saturated heterocycles. The van der Waals surface area contributed by atoms with Crippen molar-refractivity contribution in [3.8, 4) is 0 Å². The van der Waals surface area contributed by atoms with E-state index in [-0.39, 0.29) is 11.4 Å². The van der Waals surface area contributed by atoms with E-state index in [1.54, 1.807) is 12.4 Å². The van der Waals surface area contributed by atoms with Gasteiger partial charge in [-0.2, -0.15) is 0 Å². The van der Waals surface area contributed by atoms with E-state index in [9.17, 15) is 4.79 Å². The minimum absolute atomic E-state index is 0.0792. The number of rotatable bonds is 3. The van der Waals surface area contributed by atoms with Gasteiger partial charge in [-0.3, -0.25) is 9.78 Å². The zero-order valence-corrected chi connectivity index (χ0v) is 10.6. The molecular weight excluding hydrogens is 214 g/mol. The van der Waals surface area contributed by atoms with Crippen molar-refractivity contribution in [2.75, 3.05) is 5.32 Å². The fourth-order valence-corrected chi connectivity index (χ4v) is 1.52. The lowest BCUT2D eigenvalue weighted by atomic mass is 10.1. The van der Waals surface area contributed by atoms with E-state index in [2.05, 4.69) is 15.6 Å². The largest absolute Gasteiger partial charge is 0.381 e. The van der Waals surface area contributed by atoms with Crippen LogP contribution in [0.2, 0.25) is 0 Å². The van der Waals surface area contributed by atoms with Crippen LogP contribution in [0.4, 0.5) is 5.69 Å². The average molecular weight is 233 g/mol. The molecule has 0 atom stereocenters. The van der Waals surface area contributed by atoms with Crippen molar-refractivity contribution >= 4 is 11.6 Å². The molecule has 1 aromatic heterocycles. The lowest BCUT2D eigenvalue weighted by molar-refractivity contribution is 0.0919. The number of hydrogen-bond acceptors (Lipinski definition) is 3. The highest BCUT2D eigenvalue weighted by atomic mass is 16.1. The maximum atomic E-state index is 11.9. The second-order valence-electron chi connectivity index (χ2n) is 5.59. The summed E-state index contributed by atoms with van der Waals surface area (Å²) in [6.45, 7) is 5.89. The Morgan fingerprint density at radius 3 is 2.65 bits per heavy atom. The van der Waals surface area contributed by atoms with Gasteiger partial charge in [0.1, 0.15) is 0 Å². The molecule has 2 rings (SSSR count). The summed E-state index contributed by atoms with van der Waals surface area (Å²) < 4.78 is 0. The molecule has 17 heavy (non-hydrogen) atoms. The Morgan fingerprint density at radius 1 is 1.35 bits per heavy atom. The van der Waals surface area contributed by atoms with Gasteiger partial charge in [0.15, 0.2) is 0 Å².